The second-order valence-corrected chi connectivity index (χ2v) is 11.2. The fourth-order valence-corrected chi connectivity index (χ4v) is 5.49. The van der Waals surface area contributed by atoms with E-state index in [0.29, 0.717) is 50.3 Å². The summed E-state index contributed by atoms with van der Waals surface area (Å²) in [6.45, 7) is 13.9. The predicted octanol–water partition coefficient (Wildman–Crippen LogP) is 5.11. The Bertz CT molecular complexity index is 1390. The number of fused-ring (bicyclic) bond motifs is 1. The number of nitrogens with one attached hydrogen (secondary N) is 2. The molecule has 8 heteroatoms. The minimum Gasteiger partial charge on any atom is -0.489 e. The van der Waals surface area contributed by atoms with E-state index in [1.54, 1.807) is 11.5 Å². The van der Waals surface area contributed by atoms with Crippen LogP contribution >= 0.6 is 0 Å². The number of aryl methyl sites for hydroxylation is 2. The number of pyridine rings is 1. The lowest BCUT2D eigenvalue weighted by molar-refractivity contribution is -0.131. The van der Waals surface area contributed by atoms with Crippen molar-refractivity contribution in [2.45, 2.75) is 71.1 Å². The molecule has 3 N–H and O–H groups in total. The average molecular weight is 545 g/mol. The first kappa shape index (κ1) is 29.2. The molecule has 0 spiro atoms. The molecule has 0 atom stereocenters. The van der Waals surface area contributed by atoms with Crippen molar-refractivity contribution in [3.05, 3.63) is 83.6 Å². The quantitative estimate of drug-likeness (QED) is 0.186. The fraction of sp³-hybridized carbons (Fsp3) is 0.406. The molecule has 8 nitrogen and oxygen atoms in total. The topological polar surface area (TPSA) is 104 Å². The molecule has 1 aliphatic heterocycles. The second kappa shape index (κ2) is 12.2. The van der Waals surface area contributed by atoms with Crippen LogP contribution in [0.25, 0.3) is 10.9 Å². The second-order valence-electron chi connectivity index (χ2n) is 11.2. The number of amides is 2. The van der Waals surface area contributed by atoms with Crippen molar-refractivity contribution in [2.75, 3.05) is 13.1 Å². The maximum Gasteiger partial charge on any atom is 0.252 e. The van der Waals surface area contributed by atoms with Crippen LogP contribution in [-0.4, -0.2) is 51.1 Å². The highest BCUT2D eigenvalue weighted by Crippen LogP contribution is 2.31. The number of benzene rings is 2. The number of ether oxygens (including phenoxy) is 1. The zero-order valence-electron chi connectivity index (χ0n) is 23.9. The molecule has 3 aromatic rings. The SMILES string of the molecule is C=CC(C)(C)N1CCC(CC(=O)NO)(NC(=O)c2ccc(OCc3cc(C)nc4ccccc34)cc2CC)CC1. The molecule has 1 saturated heterocycles. The number of para-hydroxylation sites is 1. The first-order valence-corrected chi connectivity index (χ1v) is 13.8. The van der Waals surface area contributed by atoms with Gasteiger partial charge in [0.15, 0.2) is 0 Å². The van der Waals surface area contributed by atoms with E-state index in [1.165, 1.54) is 0 Å². The highest BCUT2D eigenvalue weighted by molar-refractivity contribution is 5.96. The van der Waals surface area contributed by atoms with Gasteiger partial charge in [0.1, 0.15) is 12.4 Å². The number of rotatable bonds is 10. The Morgan fingerprint density at radius 2 is 1.88 bits per heavy atom. The van der Waals surface area contributed by atoms with Gasteiger partial charge in [-0.1, -0.05) is 31.2 Å². The Morgan fingerprint density at radius 3 is 2.55 bits per heavy atom. The maximum atomic E-state index is 13.6. The van der Waals surface area contributed by atoms with Gasteiger partial charge >= 0.3 is 0 Å². The van der Waals surface area contributed by atoms with Crippen LogP contribution in [0.4, 0.5) is 0 Å². The summed E-state index contributed by atoms with van der Waals surface area (Å²) in [7, 11) is 0. The summed E-state index contributed by atoms with van der Waals surface area (Å²) < 4.78 is 6.17. The third kappa shape index (κ3) is 6.51. The van der Waals surface area contributed by atoms with Crippen LogP contribution in [0.2, 0.25) is 0 Å². The van der Waals surface area contributed by atoms with Crippen molar-refractivity contribution in [1.29, 1.82) is 0 Å². The van der Waals surface area contributed by atoms with Crippen molar-refractivity contribution >= 4 is 22.7 Å². The average Bonchev–Trinajstić information content (AvgIpc) is 2.95. The predicted molar refractivity (Wildman–Crippen MR) is 156 cm³/mol. The highest BCUT2D eigenvalue weighted by Gasteiger charge is 2.40. The molecular formula is C32H40N4O4. The molecular weight excluding hydrogens is 504 g/mol. The smallest absolute Gasteiger partial charge is 0.252 e. The third-order valence-corrected chi connectivity index (χ3v) is 8.06. The zero-order valence-corrected chi connectivity index (χ0v) is 23.9. The molecule has 1 fully saturated rings. The van der Waals surface area contributed by atoms with Crippen LogP contribution < -0.4 is 15.5 Å². The van der Waals surface area contributed by atoms with E-state index in [4.69, 9.17) is 4.74 Å². The lowest BCUT2D eigenvalue weighted by atomic mass is 9.82. The van der Waals surface area contributed by atoms with Crippen LogP contribution in [0.15, 0.2) is 61.2 Å². The summed E-state index contributed by atoms with van der Waals surface area (Å²) >= 11 is 0. The number of hydrogen-bond donors (Lipinski definition) is 3. The van der Waals surface area contributed by atoms with Gasteiger partial charge in [-0.3, -0.25) is 24.7 Å². The molecule has 2 heterocycles. The van der Waals surface area contributed by atoms with Crippen LogP contribution in [0.1, 0.15) is 67.2 Å². The Balaban J connectivity index is 1.51. The first-order chi connectivity index (χ1) is 19.1. The highest BCUT2D eigenvalue weighted by atomic mass is 16.5. The van der Waals surface area contributed by atoms with Crippen LogP contribution in [0, 0.1) is 6.92 Å². The van der Waals surface area contributed by atoms with E-state index >= 15 is 0 Å². The number of carbonyl (C=O) groups excluding carboxylic acids is 2. The molecule has 0 unspecified atom stereocenters. The maximum absolute atomic E-state index is 13.6. The van der Waals surface area contributed by atoms with Gasteiger partial charge in [-0.2, -0.15) is 0 Å². The van der Waals surface area contributed by atoms with Gasteiger partial charge in [-0.15, -0.1) is 6.58 Å². The van der Waals surface area contributed by atoms with E-state index in [-0.39, 0.29) is 17.9 Å². The van der Waals surface area contributed by atoms with Gasteiger partial charge in [-0.05, 0) is 75.9 Å². The lowest BCUT2D eigenvalue weighted by Crippen LogP contribution is -2.59. The van der Waals surface area contributed by atoms with Crippen LogP contribution in [0.3, 0.4) is 0 Å². The molecule has 0 bridgehead atoms. The monoisotopic (exact) mass is 544 g/mol. The fourth-order valence-electron chi connectivity index (χ4n) is 5.49. The number of hydroxylamine groups is 1. The number of hydrogen-bond acceptors (Lipinski definition) is 6. The molecule has 212 valence electrons. The van der Waals surface area contributed by atoms with Crippen LogP contribution in [0.5, 0.6) is 5.75 Å². The number of carbonyl (C=O) groups is 2. The van der Waals surface area contributed by atoms with Crippen molar-refractivity contribution in [3.63, 3.8) is 0 Å². The summed E-state index contributed by atoms with van der Waals surface area (Å²) in [5, 5.41) is 13.4. The summed E-state index contributed by atoms with van der Waals surface area (Å²) in [4.78, 5) is 32.7. The van der Waals surface area contributed by atoms with Gasteiger partial charge in [0.05, 0.1) is 17.5 Å². The van der Waals surface area contributed by atoms with Gasteiger partial charge in [0.25, 0.3) is 5.91 Å². The Hall–Kier alpha value is -3.75. The standard InChI is InChI=1S/C32H40N4O4/c1-6-23-19-25(40-21-24-18-22(3)33-28-11-9-8-10-26(24)28)12-13-27(23)30(38)34-32(20-29(37)35-39)14-16-36(17-15-32)31(4,5)7-2/h7-13,18-19,39H,2,6,14-17,20-21H2,1,3-5H3,(H,34,38)(H,35,37). The summed E-state index contributed by atoms with van der Waals surface area (Å²) in [5.74, 6) is -0.0716. The van der Waals surface area contributed by atoms with Gasteiger partial charge in [0.2, 0.25) is 5.91 Å². The van der Waals surface area contributed by atoms with Crippen molar-refractivity contribution in [1.82, 2.24) is 20.7 Å². The Morgan fingerprint density at radius 1 is 1.15 bits per heavy atom. The van der Waals surface area contributed by atoms with Crippen LogP contribution in [-0.2, 0) is 17.8 Å². The van der Waals surface area contributed by atoms with Gasteiger partial charge < -0.3 is 10.1 Å². The van der Waals surface area contributed by atoms with E-state index in [2.05, 4.69) is 35.6 Å². The number of aromatic nitrogens is 1. The lowest BCUT2D eigenvalue weighted by Gasteiger charge is -2.46. The molecule has 40 heavy (non-hydrogen) atoms. The normalized spacial score (nSPS) is 15.4. The van der Waals surface area contributed by atoms with Crippen molar-refractivity contribution in [2.24, 2.45) is 0 Å². The summed E-state index contributed by atoms with van der Waals surface area (Å²) in [6.07, 6.45) is 3.70. The third-order valence-electron chi connectivity index (χ3n) is 8.06. The summed E-state index contributed by atoms with van der Waals surface area (Å²) in [5.41, 5.74) is 5.11. The number of nitrogens with zero attached hydrogens (tertiary/aromatic N) is 2. The van der Waals surface area contributed by atoms with E-state index in [9.17, 15) is 14.8 Å². The molecule has 2 amide bonds. The molecule has 0 aliphatic carbocycles. The van der Waals surface area contributed by atoms with Crippen molar-refractivity contribution in [3.8, 4) is 5.75 Å². The zero-order chi connectivity index (χ0) is 28.9. The largest absolute Gasteiger partial charge is 0.489 e. The minimum absolute atomic E-state index is 0.000440. The number of piperidine rings is 1. The summed E-state index contributed by atoms with van der Waals surface area (Å²) in [6, 6.07) is 15.6. The molecule has 0 saturated carbocycles. The molecule has 4 rings (SSSR count). The first-order valence-electron chi connectivity index (χ1n) is 13.8. The van der Waals surface area contributed by atoms with E-state index in [1.807, 2.05) is 62.4 Å². The Kier molecular flexibility index (Phi) is 8.91. The molecule has 1 aromatic heterocycles. The molecule has 2 aromatic carbocycles. The van der Waals surface area contributed by atoms with Gasteiger partial charge in [0, 0.05) is 40.8 Å². The Labute approximate surface area is 236 Å². The minimum atomic E-state index is -0.766. The molecule has 1 aliphatic rings. The van der Waals surface area contributed by atoms with E-state index < -0.39 is 11.4 Å². The van der Waals surface area contributed by atoms with Gasteiger partial charge in [-0.25, -0.2) is 5.48 Å². The van der Waals surface area contributed by atoms with Crippen molar-refractivity contribution < 1.29 is 19.5 Å². The molecule has 0 radical (unpaired) electrons. The van der Waals surface area contributed by atoms with E-state index in [0.717, 1.165) is 27.7 Å². The number of likely N-dealkylation sites (tertiary alicyclic amines) is 1.